The highest BCUT2D eigenvalue weighted by molar-refractivity contribution is 5.83. The molecule has 22 heavy (non-hydrogen) atoms. The molecule has 0 saturated heterocycles. The first-order valence-corrected chi connectivity index (χ1v) is 7.29. The molecule has 0 aliphatic carbocycles. The number of ether oxygens (including phenoxy) is 1. The maximum atomic E-state index is 12.8. The average molecular weight is 310 g/mol. The fourth-order valence-electron chi connectivity index (χ4n) is 2.01. The number of hydrogen-bond donors (Lipinski definition) is 2. The molecule has 0 radical (unpaired) electrons. The molecule has 122 valence electrons. The van der Waals surface area contributed by atoms with E-state index in [0.717, 1.165) is 5.56 Å². The van der Waals surface area contributed by atoms with Crippen molar-refractivity contribution >= 4 is 12.0 Å². The standard InChI is InChI=1S/C16H23FN2O3/c1-11(2)10-14(15(20)22-3)19-16(21)18-9-8-12-4-6-13(17)7-5-12/h4-7,11,14H,8-10H2,1-3H3,(H2,18,19,21). The molecule has 0 spiro atoms. The Bertz CT molecular complexity index is 489. The second kappa shape index (κ2) is 9.02. The van der Waals surface area contributed by atoms with E-state index in [1.165, 1.54) is 19.2 Å². The minimum Gasteiger partial charge on any atom is -0.467 e. The quantitative estimate of drug-likeness (QED) is 0.759. The van der Waals surface area contributed by atoms with Crippen LogP contribution in [0.4, 0.5) is 9.18 Å². The van der Waals surface area contributed by atoms with Gasteiger partial charge in [0.25, 0.3) is 0 Å². The summed E-state index contributed by atoms with van der Waals surface area (Å²) in [5, 5.41) is 5.29. The molecule has 0 fully saturated rings. The molecule has 0 bridgehead atoms. The summed E-state index contributed by atoms with van der Waals surface area (Å²) in [6, 6.07) is 5.03. The molecule has 1 rings (SSSR count). The Morgan fingerprint density at radius 3 is 2.41 bits per heavy atom. The van der Waals surface area contributed by atoms with Gasteiger partial charge in [0.15, 0.2) is 0 Å². The summed E-state index contributed by atoms with van der Waals surface area (Å²) >= 11 is 0. The van der Waals surface area contributed by atoms with Crippen molar-refractivity contribution in [2.45, 2.75) is 32.7 Å². The monoisotopic (exact) mass is 310 g/mol. The molecule has 2 N–H and O–H groups in total. The SMILES string of the molecule is COC(=O)C(CC(C)C)NC(=O)NCCc1ccc(F)cc1. The normalized spacial score (nSPS) is 11.9. The summed E-state index contributed by atoms with van der Waals surface area (Å²) in [4.78, 5) is 23.4. The predicted octanol–water partition coefficient (Wildman–Crippen LogP) is 2.26. The third kappa shape index (κ3) is 6.56. The second-order valence-corrected chi connectivity index (χ2v) is 5.48. The summed E-state index contributed by atoms with van der Waals surface area (Å²) in [6.45, 7) is 4.32. The van der Waals surface area contributed by atoms with E-state index in [4.69, 9.17) is 0 Å². The summed E-state index contributed by atoms with van der Waals surface area (Å²) in [6.07, 6.45) is 1.10. The lowest BCUT2D eigenvalue weighted by Gasteiger charge is -2.18. The molecule has 2 amide bonds. The van der Waals surface area contributed by atoms with Crippen LogP contribution in [0.2, 0.25) is 0 Å². The van der Waals surface area contributed by atoms with E-state index in [-0.39, 0.29) is 11.7 Å². The first kappa shape index (κ1) is 17.9. The van der Waals surface area contributed by atoms with E-state index >= 15 is 0 Å². The number of carbonyl (C=O) groups excluding carboxylic acids is 2. The van der Waals surface area contributed by atoms with Gasteiger partial charge in [0, 0.05) is 6.54 Å². The molecule has 0 saturated carbocycles. The lowest BCUT2D eigenvalue weighted by Crippen LogP contribution is -2.47. The zero-order valence-electron chi connectivity index (χ0n) is 13.2. The highest BCUT2D eigenvalue weighted by atomic mass is 19.1. The Hall–Kier alpha value is -2.11. The number of methoxy groups -OCH3 is 1. The summed E-state index contributed by atoms with van der Waals surface area (Å²) in [7, 11) is 1.30. The zero-order valence-corrected chi connectivity index (χ0v) is 13.2. The first-order chi connectivity index (χ1) is 10.4. The molecule has 0 aliphatic rings. The van der Waals surface area contributed by atoms with Crippen LogP contribution in [0, 0.1) is 11.7 Å². The number of carbonyl (C=O) groups is 2. The molecule has 1 aromatic rings. The lowest BCUT2D eigenvalue weighted by molar-refractivity contribution is -0.143. The van der Waals surface area contributed by atoms with Crippen LogP contribution in [-0.2, 0) is 16.0 Å². The van der Waals surface area contributed by atoms with Gasteiger partial charge in [-0.2, -0.15) is 0 Å². The first-order valence-electron chi connectivity index (χ1n) is 7.29. The number of urea groups is 1. The molecule has 1 atom stereocenters. The lowest BCUT2D eigenvalue weighted by atomic mass is 10.0. The van der Waals surface area contributed by atoms with E-state index in [1.54, 1.807) is 12.1 Å². The Morgan fingerprint density at radius 2 is 1.86 bits per heavy atom. The number of amides is 2. The molecular weight excluding hydrogens is 287 g/mol. The molecule has 1 unspecified atom stereocenters. The Morgan fingerprint density at radius 1 is 1.23 bits per heavy atom. The van der Waals surface area contributed by atoms with Crippen molar-refractivity contribution in [2.75, 3.05) is 13.7 Å². The van der Waals surface area contributed by atoms with Gasteiger partial charge in [-0.15, -0.1) is 0 Å². The van der Waals surface area contributed by atoms with Crippen molar-refractivity contribution in [1.29, 1.82) is 0 Å². The highest BCUT2D eigenvalue weighted by Crippen LogP contribution is 2.06. The van der Waals surface area contributed by atoms with Crippen LogP contribution >= 0.6 is 0 Å². The Labute approximate surface area is 130 Å². The van der Waals surface area contributed by atoms with Gasteiger partial charge in [0.05, 0.1) is 7.11 Å². The van der Waals surface area contributed by atoms with Gasteiger partial charge in [-0.25, -0.2) is 14.0 Å². The van der Waals surface area contributed by atoms with Crippen molar-refractivity contribution in [1.82, 2.24) is 10.6 Å². The van der Waals surface area contributed by atoms with Crippen molar-refractivity contribution in [3.63, 3.8) is 0 Å². The largest absolute Gasteiger partial charge is 0.467 e. The molecule has 6 heteroatoms. The fraction of sp³-hybridized carbons (Fsp3) is 0.500. The van der Waals surface area contributed by atoms with Crippen LogP contribution in [0.5, 0.6) is 0 Å². The molecule has 5 nitrogen and oxygen atoms in total. The van der Waals surface area contributed by atoms with Gasteiger partial charge in [-0.1, -0.05) is 26.0 Å². The van der Waals surface area contributed by atoms with E-state index in [1.807, 2.05) is 13.8 Å². The minimum absolute atomic E-state index is 0.253. The topological polar surface area (TPSA) is 67.4 Å². The highest BCUT2D eigenvalue weighted by Gasteiger charge is 2.22. The number of benzene rings is 1. The van der Waals surface area contributed by atoms with E-state index in [9.17, 15) is 14.0 Å². The van der Waals surface area contributed by atoms with Crippen molar-refractivity contribution < 1.29 is 18.7 Å². The van der Waals surface area contributed by atoms with Crippen LogP contribution in [0.25, 0.3) is 0 Å². The minimum atomic E-state index is -0.657. The van der Waals surface area contributed by atoms with Crippen LogP contribution in [-0.4, -0.2) is 31.7 Å². The molecule has 0 aromatic heterocycles. The summed E-state index contributed by atoms with van der Waals surface area (Å²) in [5.41, 5.74) is 0.924. The van der Waals surface area contributed by atoms with Crippen LogP contribution < -0.4 is 10.6 Å². The number of rotatable bonds is 7. The van der Waals surface area contributed by atoms with Crippen molar-refractivity contribution in [2.24, 2.45) is 5.92 Å². The molecule has 1 aromatic carbocycles. The predicted molar refractivity (Wildman–Crippen MR) is 81.9 cm³/mol. The second-order valence-electron chi connectivity index (χ2n) is 5.48. The summed E-state index contributed by atoms with van der Waals surface area (Å²) < 4.78 is 17.5. The molecular formula is C16H23FN2O3. The van der Waals surface area contributed by atoms with Crippen LogP contribution in [0.15, 0.2) is 24.3 Å². The van der Waals surface area contributed by atoms with Gasteiger partial charge in [0.2, 0.25) is 0 Å². The van der Waals surface area contributed by atoms with Gasteiger partial charge in [0.1, 0.15) is 11.9 Å². The smallest absolute Gasteiger partial charge is 0.328 e. The van der Waals surface area contributed by atoms with Gasteiger partial charge in [-0.3, -0.25) is 0 Å². The maximum Gasteiger partial charge on any atom is 0.328 e. The summed E-state index contributed by atoms with van der Waals surface area (Å²) in [5.74, 6) is -0.491. The Balaban J connectivity index is 2.39. The third-order valence-electron chi connectivity index (χ3n) is 3.11. The third-order valence-corrected chi connectivity index (χ3v) is 3.11. The van der Waals surface area contributed by atoms with Gasteiger partial charge in [-0.05, 0) is 36.5 Å². The Kier molecular flexibility index (Phi) is 7.36. The average Bonchev–Trinajstić information content (AvgIpc) is 2.47. The van der Waals surface area contributed by atoms with E-state index in [2.05, 4.69) is 15.4 Å². The van der Waals surface area contributed by atoms with Crippen molar-refractivity contribution in [3.8, 4) is 0 Å². The fourth-order valence-corrected chi connectivity index (χ4v) is 2.01. The van der Waals surface area contributed by atoms with Gasteiger partial charge >= 0.3 is 12.0 Å². The van der Waals surface area contributed by atoms with Crippen LogP contribution in [0.3, 0.4) is 0 Å². The number of halogens is 1. The zero-order chi connectivity index (χ0) is 16.5. The molecule has 0 heterocycles. The van der Waals surface area contributed by atoms with Gasteiger partial charge < -0.3 is 15.4 Å². The number of esters is 1. The van der Waals surface area contributed by atoms with Crippen molar-refractivity contribution in [3.05, 3.63) is 35.6 Å². The van der Waals surface area contributed by atoms with E-state index in [0.29, 0.717) is 19.4 Å². The number of nitrogens with one attached hydrogen (secondary N) is 2. The van der Waals surface area contributed by atoms with Crippen LogP contribution in [0.1, 0.15) is 25.8 Å². The van der Waals surface area contributed by atoms with E-state index < -0.39 is 18.0 Å². The molecule has 0 aliphatic heterocycles. The number of hydrogen-bond acceptors (Lipinski definition) is 3. The maximum absolute atomic E-state index is 12.8.